The zero-order valence-corrected chi connectivity index (χ0v) is 17.2. The van der Waals surface area contributed by atoms with Gasteiger partial charge in [-0.05, 0) is 53.8 Å². The minimum Gasteiger partial charge on any atom is -0.541 e. The van der Waals surface area contributed by atoms with Gasteiger partial charge in [0, 0.05) is 0 Å². The van der Waals surface area contributed by atoms with Gasteiger partial charge in [-0.3, -0.25) is 0 Å². The molecule has 1 aliphatic rings. The standard InChI is InChI=1S/C17H28O2S2Si/c1-17(2,3)22(5,6)19-14-9-8-13(12-15(14)18-4)16-20-10-7-11-21-16/h8-9,12,16H,7,10-11H2,1-6H3. The van der Waals surface area contributed by atoms with Crippen molar-refractivity contribution in [3.05, 3.63) is 23.8 Å². The minimum absolute atomic E-state index is 0.186. The Morgan fingerprint density at radius 2 is 1.73 bits per heavy atom. The predicted octanol–water partition coefficient (Wildman–Crippen LogP) is 5.95. The van der Waals surface area contributed by atoms with Crippen LogP contribution in [0.4, 0.5) is 0 Å². The van der Waals surface area contributed by atoms with E-state index in [9.17, 15) is 0 Å². The summed E-state index contributed by atoms with van der Waals surface area (Å²) in [5.41, 5.74) is 1.34. The van der Waals surface area contributed by atoms with Crippen molar-refractivity contribution in [2.75, 3.05) is 18.6 Å². The maximum absolute atomic E-state index is 6.43. The molecule has 1 fully saturated rings. The Balaban J connectivity index is 2.22. The quantitative estimate of drug-likeness (QED) is 0.620. The molecule has 1 aromatic carbocycles. The van der Waals surface area contributed by atoms with E-state index in [4.69, 9.17) is 9.16 Å². The van der Waals surface area contributed by atoms with Crippen LogP contribution in [0.1, 0.15) is 37.3 Å². The van der Waals surface area contributed by atoms with Gasteiger partial charge >= 0.3 is 0 Å². The van der Waals surface area contributed by atoms with E-state index in [1.807, 2.05) is 23.5 Å². The topological polar surface area (TPSA) is 18.5 Å². The van der Waals surface area contributed by atoms with E-state index in [-0.39, 0.29) is 5.04 Å². The van der Waals surface area contributed by atoms with Crippen LogP contribution in [-0.2, 0) is 0 Å². The van der Waals surface area contributed by atoms with E-state index in [2.05, 4.69) is 52.1 Å². The third kappa shape index (κ3) is 4.18. The normalized spacial score (nSPS) is 17.4. The maximum Gasteiger partial charge on any atom is 0.250 e. The molecule has 22 heavy (non-hydrogen) atoms. The highest BCUT2D eigenvalue weighted by Gasteiger charge is 2.39. The molecule has 0 bridgehead atoms. The van der Waals surface area contributed by atoms with Crippen LogP contribution < -0.4 is 9.16 Å². The first-order valence-corrected chi connectivity index (χ1v) is 12.9. The summed E-state index contributed by atoms with van der Waals surface area (Å²) in [7, 11) is -0.106. The Morgan fingerprint density at radius 1 is 1.09 bits per heavy atom. The first-order valence-electron chi connectivity index (χ1n) is 7.85. The number of hydrogen-bond donors (Lipinski definition) is 0. The average Bonchev–Trinajstić information content (AvgIpc) is 2.47. The zero-order valence-electron chi connectivity index (χ0n) is 14.6. The van der Waals surface area contributed by atoms with Gasteiger partial charge in [-0.2, -0.15) is 0 Å². The lowest BCUT2D eigenvalue weighted by atomic mass is 10.2. The van der Waals surface area contributed by atoms with Crippen molar-refractivity contribution in [1.29, 1.82) is 0 Å². The summed E-state index contributed by atoms with van der Waals surface area (Å²) in [5, 5.41) is 0.186. The number of hydrogen-bond acceptors (Lipinski definition) is 4. The molecule has 0 spiro atoms. The molecule has 0 radical (unpaired) electrons. The lowest BCUT2D eigenvalue weighted by molar-refractivity contribution is 0.385. The summed E-state index contributed by atoms with van der Waals surface area (Å²) in [5.74, 6) is 4.27. The van der Waals surface area contributed by atoms with Crippen LogP contribution in [0.15, 0.2) is 18.2 Å². The molecule has 0 amide bonds. The van der Waals surface area contributed by atoms with Gasteiger partial charge in [0.1, 0.15) is 5.75 Å². The largest absolute Gasteiger partial charge is 0.541 e. The molecular weight excluding hydrogens is 328 g/mol. The summed E-state index contributed by atoms with van der Waals surface area (Å²) in [6.45, 7) is 11.3. The van der Waals surface area contributed by atoms with Crippen LogP contribution in [0, 0.1) is 0 Å². The maximum atomic E-state index is 6.43. The van der Waals surface area contributed by atoms with Crippen LogP contribution >= 0.6 is 23.5 Å². The fourth-order valence-electron chi connectivity index (χ4n) is 2.02. The highest BCUT2D eigenvalue weighted by Crippen LogP contribution is 2.46. The van der Waals surface area contributed by atoms with Gasteiger partial charge in [0.05, 0.1) is 11.7 Å². The molecule has 1 aliphatic heterocycles. The highest BCUT2D eigenvalue weighted by atomic mass is 32.2. The monoisotopic (exact) mass is 356 g/mol. The van der Waals surface area contributed by atoms with Crippen molar-refractivity contribution in [2.45, 2.75) is 49.9 Å². The molecule has 5 heteroatoms. The van der Waals surface area contributed by atoms with Gasteiger partial charge in [-0.15, -0.1) is 23.5 Å². The highest BCUT2D eigenvalue weighted by molar-refractivity contribution is 8.16. The molecule has 124 valence electrons. The van der Waals surface area contributed by atoms with Gasteiger partial charge in [0.25, 0.3) is 8.32 Å². The van der Waals surface area contributed by atoms with Crippen molar-refractivity contribution in [2.24, 2.45) is 0 Å². The second kappa shape index (κ2) is 7.10. The number of rotatable bonds is 4. The van der Waals surface area contributed by atoms with Crippen molar-refractivity contribution in [1.82, 2.24) is 0 Å². The van der Waals surface area contributed by atoms with Gasteiger partial charge in [0.15, 0.2) is 5.75 Å². The summed E-state index contributed by atoms with van der Waals surface area (Å²) < 4.78 is 12.6. The van der Waals surface area contributed by atoms with E-state index in [1.165, 1.54) is 23.5 Å². The van der Waals surface area contributed by atoms with Gasteiger partial charge in [0.2, 0.25) is 0 Å². The van der Waals surface area contributed by atoms with Crippen molar-refractivity contribution >= 4 is 31.8 Å². The van der Waals surface area contributed by atoms with Crippen LogP contribution in [0.5, 0.6) is 11.5 Å². The van der Waals surface area contributed by atoms with E-state index < -0.39 is 8.32 Å². The Morgan fingerprint density at radius 3 is 2.27 bits per heavy atom. The third-order valence-electron chi connectivity index (χ3n) is 4.46. The summed E-state index contributed by atoms with van der Waals surface area (Å²) >= 11 is 4.07. The van der Waals surface area contributed by atoms with Crippen molar-refractivity contribution in [3.8, 4) is 11.5 Å². The van der Waals surface area contributed by atoms with Crippen LogP contribution in [0.25, 0.3) is 0 Å². The number of benzene rings is 1. The molecule has 1 heterocycles. The lowest BCUT2D eigenvalue weighted by Crippen LogP contribution is -2.43. The predicted molar refractivity (Wildman–Crippen MR) is 103 cm³/mol. The van der Waals surface area contributed by atoms with Gasteiger partial charge < -0.3 is 9.16 Å². The molecule has 0 unspecified atom stereocenters. The fraction of sp³-hybridized carbons (Fsp3) is 0.647. The Bertz CT molecular complexity index is 506. The Labute approximate surface area is 144 Å². The number of methoxy groups -OCH3 is 1. The van der Waals surface area contributed by atoms with Crippen LogP contribution in [-0.4, -0.2) is 26.9 Å². The summed E-state index contributed by atoms with van der Waals surface area (Å²) in [6.07, 6.45) is 1.32. The summed E-state index contributed by atoms with van der Waals surface area (Å²) in [4.78, 5) is 0. The number of ether oxygens (including phenoxy) is 1. The molecule has 1 saturated heterocycles. The van der Waals surface area contributed by atoms with E-state index in [0.717, 1.165) is 11.5 Å². The van der Waals surface area contributed by atoms with Crippen molar-refractivity contribution in [3.63, 3.8) is 0 Å². The van der Waals surface area contributed by atoms with Gasteiger partial charge in [-0.25, -0.2) is 0 Å². The first kappa shape index (κ1) is 18.1. The molecule has 2 rings (SSSR count). The Kier molecular flexibility index (Phi) is 5.83. The van der Waals surface area contributed by atoms with Crippen molar-refractivity contribution < 1.29 is 9.16 Å². The third-order valence-corrected chi connectivity index (χ3v) is 11.8. The minimum atomic E-state index is -1.84. The van der Waals surface area contributed by atoms with Crippen LogP contribution in [0.3, 0.4) is 0 Å². The second-order valence-corrected chi connectivity index (χ2v) is 14.6. The molecule has 2 nitrogen and oxygen atoms in total. The first-order chi connectivity index (χ1) is 10.2. The molecule has 0 aliphatic carbocycles. The van der Waals surface area contributed by atoms with E-state index >= 15 is 0 Å². The summed E-state index contributed by atoms with van der Waals surface area (Å²) in [6, 6.07) is 6.48. The van der Waals surface area contributed by atoms with E-state index in [1.54, 1.807) is 7.11 Å². The molecular formula is C17H28O2S2Si. The van der Waals surface area contributed by atoms with Crippen LogP contribution in [0.2, 0.25) is 18.1 Å². The Hall–Kier alpha value is -0.263. The smallest absolute Gasteiger partial charge is 0.250 e. The molecule has 1 aromatic rings. The number of thioether (sulfide) groups is 2. The average molecular weight is 357 g/mol. The van der Waals surface area contributed by atoms with E-state index in [0.29, 0.717) is 4.58 Å². The molecule has 0 atom stereocenters. The molecule has 0 N–H and O–H groups in total. The second-order valence-electron chi connectivity index (χ2n) is 7.20. The molecule has 0 aromatic heterocycles. The van der Waals surface area contributed by atoms with Gasteiger partial charge in [-0.1, -0.05) is 26.8 Å². The zero-order chi connectivity index (χ0) is 16.4. The molecule has 0 saturated carbocycles. The fourth-order valence-corrected chi connectivity index (χ4v) is 5.92. The SMILES string of the molecule is COc1cc(C2SCCCS2)ccc1O[Si](C)(C)C(C)(C)C. The lowest BCUT2D eigenvalue weighted by Gasteiger charge is -2.37.